The van der Waals surface area contributed by atoms with Gasteiger partial charge in [0, 0.05) is 31.9 Å². The van der Waals surface area contributed by atoms with Crippen LogP contribution in [0.25, 0.3) is 0 Å². The van der Waals surface area contributed by atoms with Crippen molar-refractivity contribution in [3.05, 3.63) is 30.3 Å². The summed E-state index contributed by atoms with van der Waals surface area (Å²) in [5.74, 6) is 0.326. The minimum absolute atomic E-state index is 0.147. The Hall–Kier alpha value is -1.55. The molecule has 2 atom stereocenters. The van der Waals surface area contributed by atoms with Gasteiger partial charge in [-0.3, -0.25) is 4.79 Å². The first-order chi connectivity index (χ1) is 9.18. The van der Waals surface area contributed by atoms with Crippen molar-refractivity contribution in [2.45, 2.75) is 19.4 Å². The van der Waals surface area contributed by atoms with Crippen molar-refractivity contribution in [3.63, 3.8) is 0 Å². The number of hydrogen-bond donors (Lipinski definition) is 2. The van der Waals surface area contributed by atoms with Gasteiger partial charge in [-0.25, -0.2) is 0 Å². The Labute approximate surface area is 115 Å². The molecule has 19 heavy (non-hydrogen) atoms. The van der Waals surface area contributed by atoms with E-state index < -0.39 is 0 Å². The zero-order valence-electron chi connectivity index (χ0n) is 11.7. The number of benzene rings is 1. The molecule has 2 unspecified atom stereocenters. The molecule has 2 rings (SSSR count). The topological polar surface area (TPSA) is 44.4 Å². The van der Waals surface area contributed by atoms with Gasteiger partial charge in [0.05, 0.1) is 5.92 Å². The Balaban J connectivity index is 1.80. The molecular formula is C15H23N3O. The van der Waals surface area contributed by atoms with Gasteiger partial charge in [0.25, 0.3) is 0 Å². The number of nitrogens with zero attached hydrogens (tertiary/aromatic N) is 1. The van der Waals surface area contributed by atoms with E-state index in [0.717, 1.165) is 19.5 Å². The summed E-state index contributed by atoms with van der Waals surface area (Å²) in [6.07, 6.45) is 0.953. The zero-order valence-corrected chi connectivity index (χ0v) is 11.7. The molecule has 0 aromatic heterocycles. The van der Waals surface area contributed by atoms with E-state index in [2.05, 4.69) is 41.6 Å². The quantitative estimate of drug-likeness (QED) is 0.838. The first-order valence-electron chi connectivity index (χ1n) is 6.95. The van der Waals surface area contributed by atoms with Crippen molar-refractivity contribution in [2.75, 3.05) is 31.6 Å². The number of carbonyl (C=O) groups is 1. The Morgan fingerprint density at radius 2 is 2.21 bits per heavy atom. The molecule has 0 aliphatic carbocycles. The first kappa shape index (κ1) is 13.9. The van der Waals surface area contributed by atoms with E-state index in [4.69, 9.17) is 0 Å². The second-order valence-corrected chi connectivity index (χ2v) is 5.23. The van der Waals surface area contributed by atoms with Gasteiger partial charge in [-0.1, -0.05) is 18.2 Å². The molecule has 0 bridgehead atoms. The van der Waals surface area contributed by atoms with Crippen LogP contribution in [0.1, 0.15) is 13.3 Å². The van der Waals surface area contributed by atoms with Crippen LogP contribution in [0.3, 0.4) is 0 Å². The molecule has 1 heterocycles. The molecule has 1 aliphatic rings. The van der Waals surface area contributed by atoms with Crippen LogP contribution in [0.5, 0.6) is 0 Å². The SMILES string of the molecule is CC(CNC(=O)C1CCNC1)N(C)c1ccccc1. The van der Waals surface area contributed by atoms with E-state index >= 15 is 0 Å². The van der Waals surface area contributed by atoms with Gasteiger partial charge in [-0.2, -0.15) is 0 Å². The van der Waals surface area contributed by atoms with Gasteiger partial charge >= 0.3 is 0 Å². The summed E-state index contributed by atoms with van der Waals surface area (Å²) < 4.78 is 0. The molecule has 0 spiro atoms. The van der Waals surface area contributed by atoms with Gasteiger partial charge in [0.2, 0.25) is 5.91 Å². The highest BCUT2D eigenvalue weighted by Crippen LogP contribution is 2.14. The summed E-state index contributed by atoms with van der Waals surface area (Å²) >= 11 is 0. The lowest BCUT2D eigenvalue weighted by Gasteiger charge is -2.27. The zero-order chi connectivity index (χ0) is 13.7. The highest BCUT2D eigenvalue weighted by atomic mass is 16.1. The normalized spacial score (nSPS) is 20.0. The standard InChI is InChI=1S/C15H23N3O/c1-12(18(2)14-6-4-3-5-7-14)10-17-15(19)13-8-9-16-11-13/h3-7,12-13,16H,8-11H2,1-2H3,(H,17,19). The summed E-state index contributed by atoms with van der Waals surface area (Å²) in [4.78, 5) is 14.1. The molecule has 1 saturated heterocycles. The molecule has 2 N–H and O–H groups in total. The highest BCUT2D eigenvalue weighted by Gasteiger charge is 2.22. The summed E-state index contributed by atoms with van der Waals surface area (Å²) in [7, 11) is 2.06. The third-order valence-corrected chi connectivity index (χ3v) is 3.83. The van der Waals surface area contributed by atoms with Gasteiger partial charge in [-0.05, 0) is 32.0 Å². The maximum atomic E-state index is 11.9. The molecule has 1 aliphatic heterocycles. The smallest absolute Gasteiger partial charge is 0.224 e. The number of nitrogens with one attached hydrogen (secondary N) is 2. The lowest BCUT2D eigenvalue weighted by Crippen LogP contribution is -2.42. The molecule has 1 aromatic rings. The third kappa shape index (κ3) is 3.70. The highest BCUT2D eigenvalue weighted by molar-refractivity contribution is 5.79. The third-order valence-electron chi connectivity index (χ3n) is 3.83. The summed E-state index contributed by atoms with van der Waals surface area (Å²) in [5.41, 5.74) is 1.17. The van der Waals surface area contributed by atoms with Gasteiger partial charge in [0.15, 0.2) is 0 Å². The Bertz CT molecular complexity index is 401. The van der Waals surface area contributed by atoms with Crippen molar-refractivity contribution < 1.29 is 4.79 Å². The largest absolute Gasteiger partial charge is 0.370 e. The van der Waals surface area contributed by atoms with Crippen LogP contribution >= 0.6 is 0 Å². The molecule has 0 radical (unpaired) electrons. The lowest BCUT2D eigenvalue weighted by atomic mass is 10.1. The molecular weight excluding hydrogens is 238 g/mol. The fourth-order valence-electron chi connectivity index (χ4n) is 2.33. The fraction of sp³-hybridized carbons (Fsp3) is 0.533. The van der Waals surface area contributed by atoms with E-state index in [0.29, 0.717) is 6.54 Å². The van der Waals surface area contributed by atoms with E-state index in [1.807, 2.05) is 18.2 Å². The second-order valence-electron chi connectivity index (χ2n) is 5.23. The maximum absolute atomic E-state index is 11.9. The van der Waals surface area contributed by atoms with Gasteiger partial charge in [-0.15, -0.1) is 0 Å². The van der Waals surface area contributed by atoms with Gasteiger partial charge < -0.3 is 15.5 Å². The number of likely N-dealkylation sites (N-methyl/N-ethyl adjacent to an activating group) is 1. The predicted molar refractivity (Wildman–Crippen MR) is 78.3 cm³/mol. The minimum atomic E-state index is 0.147. The van der Waals surface area contributed by atoms with Crippen LogP contribution in [-0.2, 0) is 4.79 Å². The van der Waals surface area contributed by atoms with Crippen LogP contribution < -0.4 is 15.5 Å². The molecule has 1 aromatic carbocycles. The average molecular weight is 261 g/mol. The molecule has 4 nitrogen and oxygen atoms in total. The minimum Gasteiger partial charge on any atom is -0.370 e. The van der Waals surface area contributed by atoms with Crippen molar-refractivity contribution in [3.8, 4) is 0 Å². The second kappa shape index (κ2) is 6.57. The molecule has 4 heteroatoms. The van der Waals surface area contributed by atoms with Crippen LogP contribution in [0.4, 0.5) is 5.69 Å². The Morgan fingerprint density at radius 3 is 2.84 bits per heavy atom. The summed E-state index contributed by atoms with van der Waals surface area (Å²) in [5, 5.41) is 6.27. The fourth-order valence-corrected chi connectivity index (χ4v) is 2.33. The van der Waals surface area contributed by atoms with Crippen LogP contribution in [0, 0.1) is 5.92 Å². The van der Waals surface area contributed by atoms with Crippen molar-refractivity contribution in [1.82, 2.24) is 10.6 Å². The number of carbonyl (C=O) groups excluding carboxylic acids is 1. The average Bonchev–Trinajstić information content (AvgIpc) is 2.98. The van der Waals surface area contributed by atoms with Crippen LogP contribution in [-0.4, -0.2) is 38.6 Å². The molecule has 104 valence electrons. The van der Waals surface area contributed by atoms with E-state index in [9.17, 15) is 4.79 Å². The number of anilines is 1. The predicted octanol–water partition coefficient (Wildman–Crippen LogP) is 1.24. The molecule has 1 fully saturated rings. The summed E-state index contributed by atoms with van der Waals surface area (Å²) in [6, 6.07) is 10.5. The lowest BCUT2D eigenvalue weighted by molar-refractivity contribution is -0.124. The maximum Gasteiger partial charge on any atom is 0.224 e. The monoisotopic (exact) mass is 261 g/mol. The Morgan fingerprint density at radius 1 is 1.47 bits per heavy atom. The van der Waals surface area contributed by atoms with E-state index in [-0.39, 0.29) is 17.9 Å². The number of hydrogen-bond acceptors (Lipinski definition) is 3. The van der Waals surface area contributed by atoms with Crippen molar-refractivity contribution in [2.24, 2.45) is 5.92 Å². The van der Waals surface area contributed by atoms with Crippen LogP contribution in [0.15, 0.2) is 30.3 Å². The Kier molecular flexibility index (Phi) is 4.80. The first-order valence-corrected chi connectivity index (χ1v) is 6.95. The van der Waals surface area contributed by atoms with Crippen LogP contribution in [0.2, 0.25) is 0 Å². The van der Waals surface area contributed by atoms with E-state index in [1.165, 1.54) is 5.69 Å². The molecule has 1 amide bonds. The van der Waals surface area contributed by atoms with Gasteiger partial charge in [0.1, 0.15) is 0 Å². The number of rotatable bonds is 5. The number of amides is 1. The number of para-hydroxylation sites is 1. The van der Waals surface area contributed by atoms with Crippen molar-refractivity contribution in [1.29, 1.82) is 0 Å². The summed E-state index contributed by atoms with van der Waals surface area (Å²) in [6.45, 7) is 4.58. The van der Waals surface area contributed by atoms with E-state index in [1.54, 1.807) is 0 Å². The molecule has 0 saturated carbocycles. The van der Waals surface area contributed by atoms with Crippen molar-refractivity contribution >= 4 is 11.6 Å².